The van der Waals surface area contributed by atoms with Crippen molar-refractivity contribution in [3.05, 3.63) is 30.1 Å². The van der Waals surface area contributed by atoms with E-state index in [4.69, 9.17) is 4.74 Å². The largest absolute Gasteiger partial charge is 0.444 e. The first-order valence-corrected chi connectivity index (χ1v) is 8.97. The number of carbonyl (C=O) groups is 2. The molecule has 2 rings (SSSR count). The van der Waals surface area contributed by atoms with Crippen molar-refractivity contribution in [3.63, 3.8) is 0 Å². The number of nitrogens with zero attached hydrogens (tertiary/aromatic N) is 1. The molecule has 2 N–H and O–H groups in total. The maximum Gasteiger partial charge on any atom is 0.407 e. The van der Waals surface area contributed by atoms with Gasteiger partial charge in [-0.25, -0.2) is 4.79 Å². The molecule has 0 aromatic carbocycles. The molecule has 1 aliphatic carbocycles. The second-order valence-electron chi connectivity index (χ2n) is 7.68. The molecule has 0 bridgehead atoms. The molecule has 1 aliphatic rings. The highest BCUT2D eigenvalue weighted by atomic mass is 16.6. The first kappa shape index (κ1) is 19.2. The molecule has 0 radical (unpaired) electrons. The van der Waals surface area contributed by atoms with Crippen LogP contribution in [-0.4, -0.2) is 29.1 Å². The molecular weight excluding hydrogens is 318 g/mol. The van der Waals surface area contributed by atoms with Gasteiger partial charge in [-0.05, 0) is 64.0 Å². The van der Waals surface area contributed by atoms with E-state index in [9.17, 15) is 9.59 Å². The number of aromatic nitrogens is 1. The Hall–Kier alpha value is -2.11. The number of pyridine rings is 1. The summed E-state index contributed by atoms with van der Waals surface area (Å²) >= 11 is 0. The van der Waals surface area contributed by atoms with E-state index in [0.717, 1.165) is 31.2 Å². The van der Waals surface area contributed by atoms with E-state index in [2.05, 4.69) is 15.6 Å². The second kappa shape index (κ2) is 8.83. The van der Waals surface area contributed by atoms with Gasteiger partial charge in [0.05, 0.1) is 0 Å². The lowest BCUT2D eigenvalue weighted by molar-refractivity contribution is -0.126. The molecule has 0 saturated heterocycles. The Morgan fingerprint density at radius 1 is 1.20 bits per heavy atom. The molecule has 1 fully saturated rings. The third kappa shape index (κ3) is 7.11. The first-order valence-electron chi connectivity index (χ1n) is 8.97. The lowest BCUT2D eigenvalue weighted by Crippen LogP contribution is -2.38. The molecule has 0 atom stereocenters. The van der Waals surface area contributed by atoms with E-state index in [1.807, 2.05) is 32.9 Å². The van der Waals surface area contributed by atoms with Gasteiger partial charge >= 0.3 is 6.09 Å². The molecule has 6 heteroatoms. The Kier molecular flexibility index (Phi) is 6.79. The number of hydrogen-bond acceptors (Lipinski definition) is 4. The molecule has 1 saturated carbocycles. The van der Waals surface area contributed by atoms with Crippen molar-refractivity contribution in [1.82, 2.24) is 15.6 Å². The quantitative estimate of drug-likeness (QED) is 0.858. The van der Waals surface area contributed by atoms with Crippen LogP contribution < -0.4 is 10.6 Å². The second-order valence-corrected chi connectivity index (χ2v) is 7.68. The molecule has 0 spiro atoms. The van der Waals surface area contributed by atoms with Crippen molar-refractivity contribution >= 4 is 12.0 Å². The number of rotatable bonds is 5. The van der Waals surface area contributed by atoms with Gasteiger partial charge < -0.3 is 15.4 Å². The third-order valence-electron chi connectivity index (χ3n) is 4.34. The molecule has 1 aromatic rings. The van der Waals surface area contributed by atoms with Gasteiger partial charge in [0.25, 0.3) is 0 Å². The van der Waals surface area contributed by atoms with Crippen molar-refractivity contribution in [2.75, 3.05) is 6.54 Å². The van der Waals surface area contributed by atoms with Gasteiger partial charge in [-0.2, -0.15) is 0 Å². The molecule has 0 unspecified atom stereocenters. The number of alkyl carbamates (subject to hydrolysis) is 1. The van der Waals surface area contributed by atoms with E-state index in [0.29, 0.717) is 19.0 Å². The van der Waals surface area contributed by atoms with Gasteiger partial charge in [-0.15, -0.1) is 0 Å². The SMILES string of the molecule is CC(C)(C)OC(=O)NCC1CCC(C(=O)NCc2cccnc2)CC1. The minimum atomic E-state index is -0.478. The van der Waals surface area contributed by atoms with Crippen LogP contribution in [0.3, 0.4) is 0 Å². The number of carbonyl (C=O) groups excluding carboxylic acids is 2. The lowest BCUT2D eigenvalue weighted by atomic mass is 9.81. The summed E-state index contributed by atoms with van der Waals surface area (Å²) in [6.45, 7) is 6.68. The van der Waals surface area contributed by atoms with Crippen LogP contribution in [0.2, 0.25) is 0 Å². The number of hydrogen-bond donors (Lipinski definition) is 2. The molecule has 0 aliphatic heterocycles. The average molecular weight is 347 g/mol. The van der Waals surface area contributed by atoms with E-state index in [1.165, 1.54) is 0 Å². The van der Waals surface area contributed by atoms with Gasteiger partial charge in [0.2, 0.25) is 5.91 Å². The summed E-state index contributed by atoms with van der Waals surface area (Å²) < 4.78 is 5.24. The zero-order valence-corrected chi connectivity index (χ0v) is 15.4. The van der Waals surface area contributed by atoms with Gasteiger partial charge in [0.1, 0.15) is 5.60 Å². The van der Waals surface area contributed by atoms with Crippen LogP contribution in [0.15, 0.2) is 24.5 Å². The third-order valence-corrected chi connectivity index (χ3v) is 4.34. The molecule has 138 valence electrons. The van der Waals surface area contributed by atoms with Crippen LogP contribution in [0.5, 0.6) is 0 Å². The fourth-order valence-electron chi connectivity index (χ4n) is 3.01. The lowest BCUT2D eigenvalue weighted by Gasteiger charge is -2.28. The van der Waals surface area contributed by atoms with Crippen LogP contribution in [0.1, 0.15) is 52.0 Å². The summed E-state index contributed by atoms with van der Waals surface area (Å²) in [5, 5.41) is 5.82. The summed E-state index contributed by atoms with van der Waals surface area (Å²) in [5.74, 6) is 0.590. The summed E-state index contributed by atoms with van der Waals surface area (Å²) in [6.07, 6.45) is 6.72. The summed E-state index contributed by atoms with van der Waals surface area (Å²) in [5.41, 5.74) is 0.528. The molecule has 1 aromatic heterocycles. The number of amides is 2. The van der Waals surface area contributed by atoms with Crippen LogP contribution >= 0.6 is 0 Å². The zero-order valence-electron chi connectivity index (χ0n) is 15.4. The molecule has 6 nitrogen and oxygen atoms in total. The van der Waals surface area contributed by atoms with Crippen molar-refractivity contribution in [1.29, 1.82) is 0 Å². The van der Waals surface area contributed by atoms with Crippen LogP contribution in [0.25, 0.3) is 0 Å². The van der Waals surface area contributed by atoms with Crippen LogP contribution in [0, 0.1) is 11.8 Å². The molecular formula is C19H29N3O3. The average Bonchev–Trinajstić information content (AvgIpc) is 2.58. The Balaban J connectivity index is 1.65. The van der Waals surface area contributed by atoms with Gasteiger partial charge in [0, 0.05) is 31.4 Å². The van der Waals surface area contributed by atoms with Gasteiger partial charge in [-0.3, -0.25) is 9.78 Å². The van der Waals surface area contributed by atoms with Crippen molar-refractivity contribution in [2.45, 2.75) is 58.6 Å². The Morgan fingerprint density at radius 3 is 2.52 bits per heavy atom. The van der Waals surface area contributed by atoms with E-state index in [-0.39, 0.29) is 17.9 Å². The Morgan fingerprint density at radius 2 is 1.92 bits per heavy atom. The summed E-state index contributed by atoms with van der Waals surface area (Å²) in [7, 11) is 0. The zero-order chi connectivity index (χ0) is 18.3. The smallest absolute Gasteiger partial charge is 0.407 e. The van der Waals surface area contributed by atoms with Crippen molar-refractivity contribution in [3.8, 4) is 0 Å². The highest BCUT2D eigenvalue weighted by Gasteiger charge is 2.26. The van der Waals surface area contributed by atoms with Crippen LogP contribution in [-0.2, 0) is 16.1 Å². The maximum absolute atomic E-state index is 12.3. The summed E-state index contributed by atoms with van der Waals surface area (Å²) in [6, 6.07) is 3.82. The fraction of sp³-hybridized carbons (Fsp3) is 0.632. The minimum Gasteiger partial charge on any atom is -0.444 e. The van der Waals surface area contributed by atoms with Crippen molar-refractivity contribution < 1.29 is 14.3 Å². The highest BCUT2D eigenvalue weighted by molar-refractivity contribution is 5.78. The Labute approximate surface area is 149 Å². The predicted octanol–water partition coefficient (Wildman–Crippen LogP) is 3.03. The maximum atomic E-state index is 12.3. The van der Waals surface area contributed by atoms with Crippen LogP contribution in [0.4, 0.5) is 4.79 Å². The normalized spacial score (nSPS) is 20.6. The highest BCUT2D eigenvalue weighted by Crippen LogP contribution is 2.28. The number of nitrogens with one attached hydrogen (secondary N) is 2. The van der Waals surface area contributed by atoms with E-state index >= 15 is 0 Å². The molecule has 1 heterocycles. The van der Waals surface area contributed by atoms with E-state index < -0.39 is 5.60 Å². The fourth-order valence-corrected chi connectivity index (χ4v) is 3.01. The molecule has 25 heavy (non-hydrogen) atoms. The van der Waals surface area contributed by atoms with Gasteiger partial charge in [-0.1, -0.05) is 6.07 Å². The minimum absolute atomic E-state index is 0.0643. The number of ether oxygens (including phenoxy) is 1. The van der Waals surface area contributed by atoms with E-state index in [1.54, 1.807) is 12.4 Å². The topological polar surface area (TPSA) is 80.3 Å². The first-order chi connectivity index (χ1) is 11.8. The monoisotopic (exact) mass is 347 g/mol. The van der Waals surface area contributed by atoms with Crippen molar-refractivity contribution in [2.24, 2.45) is 11.8 Å². The predicted molar refractivity (Wildman–Crippen MR) is 95.8 cm³/mol. The Bertz CT molecular complexity index is 561. The summed E-state index contributed by atoms with van der Waals surface area (Å²) in [4.78, 5) is 28.0. The standard InChI is InChI=1S/C19H29N3O3/c1-19(2,3)25-18(24)22-12-14-6-8-16(9-7-14)17(23)21-13-15-5-4-10-20-11-15/h4-5,10-11,14,16H,6-9,12-13H2,1-3H3,(H,21,23)(H,22,24). The molecule has 2 amide bonds. The van der Waals surface area contributed by atoms with Gasteiger partial charge in [0.15, 0.2) is 0 Å².